The summed E-state index contributed by atoms with van der Waals surface area (Å²) in [5, 5.41) is 12.2. The number of benzene rings is 1. The fourth-order valence-corrected chi connectivity index (χ4v) is 2.83. The first-order valence-electron chi connectivity index (χ1n) is 7.02. The van der Waals surface area contributed by atoms with Gasteiger partial charge < -0.3 is 10.5 Å². The molecule has 20 heavy (non-hydrogen) atoms. The van der Waals surface area contributed by atoms with E-state index in [4.69, 9.17) is 10.5 Å². The highest BCUT2D eigenvalue weighted by molar-refractivity contribution is 5.60. The smallest absolute Gasteiger partial charge is 0.159 e. The van der Waals surface area contributed by atoms with E-state index in [1.807, 2.05) is 12.1 Å². The van der Waals surface area contributed by atoms with Crippen LogP contribution in [-0.4, -0.2) is 27.3 Å². The number of aromatic nitrogens is 4. The van der Waals surface area contributed by atoms with Crippen molar-refractivity contribution in [3.05, 3.63) is 24.0 Å². The van der Waals surface area contributed by atoms with Gasteiger partial charge in [0, 0.05) is 12.0 Å². The van der Waals surface area contributed by atoms with Crippen molar-refractivity contribution in [2.45, 2.75) is 38.0 Å². The summed E-state index contributed by atoms with van der Waals surface area (Å²) in [6.07, 6.45) is 6.10. The maximum atomic E-state index is 6.09. The number of nitrogens with zero attached hydrogens (tertiary/aromatic N) is 4. The second-order valence-corrected chi connectivity index (χ2v) is 5.21. The molecule has 0 spiro atoms. The minimum absolute atomic E-state index is 0.431. The number of nitrogens with two attached hydrogens (primary N) is 1. The van der Waals surface area contributed by atoms with Gasteiger partial charge in [-0.05, 0) is 35.4 Å². The van der Waals surface area contributed by atoms with Crippen molar-refractivity contribution in [3.8, 4) is 11.4 Å². The first kappa shape index (κ1) is 12.9. The van der Waals surface area contributed by atoms with E-state index in [1.54, 1.807) is 17.9 Å². The van der Waals surface area contributed by atoms with Gasteiger partial charge in [0.05, 0.1) is 18.5 Å². The molecule has 1 aliphatic carbocycles. The van der Waals surface area contributed by atoms with E-state index < -0.39 is 0 Å². The standard InChI is InChI=1S/C14H19N5O/c1-20-11-7-8-13(12(15)9-11)19-14(16-17-18-19)10-5-3-2-4-6-10/h7-10H,2-6,15H2,1H3. The SMILES string of the molecule is COc1ccc(-n2nnnc2C2CCCCC2)c(N)c1. The molecule has 1 aliphatic rings. The number of hydrogen-bond donors (Lipinski definition) is 1. The van der Waals surface area contributed by atoms with E-state index in [0.717, 1.165) is 30.1 Å². The van der Waals surface area contributed by atoms with Crippen LogP contribution in [0.4, 0.5) is 5.69 Å². The molecule has 1 heterocycles. The molecule has 0 aliphatic heterocycles. The quantitative estimate of drug-likeness (QED) is 0.868. The summed E-state index contributed by atoms with van der Waals surface area (Å²) in [7, 11) is 1.62. The van der Waals surface area contributed by atoms with E-state index in [9.17, 15) is 0 Å². The highest BCUT2D eigenvalue weighted by Gasteiger charge is 2.23. The van der Waals surface area contributed by atoms with Crippen LogP contribution in [-0.2, 0) is 0 Å². The van der Waals surface area contributed by atoms with Crippen LogP contribution < -0.4 is 10.5 Å². The van der Waals surface area contributed by atoms with Crippen LogP contribution in [0.15, 0.2) is 18.2 Å². The number of ether oxygens (including phenoxy) is 1. The lowest BCUT2D eigenvalue weighted by Crippen LogP contribution is -2.13. The zero-order valence-electron chi connectivity index (χ0n) is 11.6. The van der Waals surface area contributed by atoms with E-state index in [0.29, 0.717) is 11.6 Å². The van der Waals surface area contributed by atoms with Gasteiger partial charge in [-0.2, -0.15) is 4.68 Å². The molecule has 106 valence electrons. The lowest BCUT2D eigenvalue weighted by molar-refractivity contribution is 0.414. The third kappa shape index (κ3) is 2.33. The molecular weight excluding hydrogens is 254 g/mol. The predicted octanol–water partition coefficient (Wildman–Crippen LogP) is 2.30. The second kappa shape index (κ2) is 5.48. The number of hydrogen-bond acceptors (Lipinski definition) is 5. The zero-order valence-corrected chi connectivity index (χ0v) is 11.6. The Morgan fingerprint density at radius 1 is 1.25 bits per heavy atom. The summed E-state index contributed by atoms with van der Waals surface area (Å²) >= 11 is 0. The van der Waals surface area contributed by atoms with E-state index >= 15 is 0 Å². The number of tetrazole rings is 1. The Hall–Kier alpha value is -2.11. The van der Waals surface area contributed by atoms with Gasteiger partial charge in [0.2, 0.25) is 0 Å². The summed E-state index contributed by atoms with van der Waals surface area (Å²) in [5.41, 5.74) is 7.53. The molecule has 0 radical (unpaired) electrons. The lowest BCUT2D eigenvalue weighted by atomic mass is 9.88. The molecule has 0 saturated heterocycles. The predicted molar refractivity (Wildman–Crippen MR) is 75.9 cm³/mol. The van der Waals surface area contributed by atoms with Crippen LogP contribution in [0.5, 0.6) is 5.75 Å². The van der Waals surface area contributed by atoms with E-state index in [1.165, 1.54) is 19.3 Å². The normalized spacial score (nSPS) is 16.2. The molecular formula is C14H19N5O. The molecule has 1 aromatic heterocycles. The van der Waals surface area contributed by atoms with Gasteiger partial charge in [0.1, 0.15) is 5.75 Å². The summed E-state index contributed by atoms with van der Waals surface area (Å²) in [5.74, 6) is 2.08. The van der Waals surface area contributed by atoms with Gasteiger partial charge in [0.25, 0.3) is 0 Å². The molecule has 0 atom stereocenters. The third-order valence-corrected chi connectivity index (χ3v) is 3.93. The van der Waals surface area contributed by atoms with Crippen molar-refractivity contribution in [2.75, 3.05) is 12.8 Å². The minimum Gasteiger partial charge on any atom is -0.497 e. The van der Waals surface area contributed by atoms with Crippen LogP contribution in [0.25, 0.3) is 5.69 Å². The Morgan fingerprint density at radius 2 is 2.05 bits per heavy atom. The molecule has 6 heteroatoms. The molecule has 6 nitrogen and oxygen atoms in total. The lowest BCUT2D eigenvalue weighted by Gasteiger charge is -2.20. The Bertz CT molecular complexity index is 589. The molecule has 0 unspecified atom stereocenters. The summed E-state index contributed by atoms with van der Waals surface area (Å²) < 4.78 is 6.94. The molecule has 1 fully saturated rings. The van der Waals surface area contributed by atoms with Crippen molar-refractivity contribution in [2.24, 2.45) is 0 Å². The maximum absolute atomic E-state index is 6.09. The molecule has 2 N–H and O–H groups in total. The first-order chi connectivity index (χ1) is 9.79. The Labute approximate surface area is 117 Å². The van der Waals surface area contributed by atoms with Crippen LogP contribution in [0.3, 0.4) is 0 Å². The van der Waals surface area contributed by atoms with Crippen molar-refractivity contribution in [1.82, 2.24) is 20.2 Å². The van der Waals surface area contributed by atoms with Gasteiger partial charge in [-0.25, -0.2) is 0 Å². The summed E-state index contributed by atoms with van der Waals surface area (Å²) in [6, 6.07) is 5.57. The monoisotopic (exact) mass is 273 g/mol. The first-order valence-corrected chi connectivity index (χ1v) is 7.02. The molecule has 1 saturated carbocycles. The number of methoxy groups -OCH3 is 1. The summed E-state index contributed by atoms with van der Waals surface area (Å²) in [6.45, 7) is 0. The fraction of sp³-hybridized carbons (Fsp3) is 0.500. The van der Waals surface area contributed by atoms with E-state index in [-0.39, 0.29) is 0 Å². The minimum atomic E-state index is 0.431. The van der Waals surface area contributed by atoms with Crippen molar-refractivity contribution in [1.29, 1.82) is 0 Å². The van der Waals surface area contributed by atoms with Crippen molar-refractivity contribution < 1.29 is 4.74 Å². The number of nitrogen functional groups attached to an aromatic ring is 1. The van der Waals surface area contributed by atoms with Gasteiger partial charge in [0.15, 0.2) is 5.82 Å². The molecule has 0 amide bonds. The number of rotatable bonds is 3. The van der Waals surface area contributed by atoms with Gasteiger partial charge in [-0.15, -0.1) is 5.10 Å². The molecule has 0 bridgehead atoms. The summed E-state index contributed by atoms with van der Waals surface area (Å²) in [4.78, 5) is 0. The largest absolute Gasteiger partial charge is 0.497 e. The average molecular weight is 273 g/mol. The Morgan fingerprint density at radius 3 is 2.75 bits per heavy atom. The molecule has 3 rings (SSSR count). The van der Waals surface area contributed by atoms with Crippen molar-refractivity contribution >= 4 is 5.69 Å². The van der Waals surface area contributed by atoms with Crippen molar-refractivity contribution in [3.63, 3.8) is 0 Å². The average Bonchev–Trinajstić information content (AvgIpc) is 2.97. The van der Waals surface area contributed by atoms with Gasteiger partial charge in [-0.3, -0.25) is 0 Å². The third-order valence-electron chi connectivity index (χ3n) is 3.93. The highest BCUT2D eigenvalue weighted by atomic mass is 16.5. The Balaban J connectivity index is 1.96. The van der Waals surface area contributed by atoms with Gasteiger partial charge >= 0.3 is 0 Å². The topological polar surface area (TPSA) is 78.8 Å². The zero-order chi connectivity index (χ0) is 13.9. The van der Waals surface area contributed by atoms with Crippen LogP contribution in [0.2, 0.25) is 0 Å². The van der Waals surface area contributed by atoms with Gasteiger partial charge in [-0.1, -0.05) is 19.3 Å². The fourth-order valence-electron chi connectivity index (χ4n) is 2.83. The Kier molecular flexibility index (Phi) is 3.54. The highest BCUT2D eigenvalue weighted by Crippen LogP contribution is 2.33. The van der Waals surface area contributed by atoms with Crippen LogP contribution >= 0.6 is 0 Å². The van der Waals surface area contributed by atoms with Crippen LogP contribution in [0, 0.1) is 0 Å². The number of anilines is 1. The van der Waals surface area contributed by atoms with E-state index in [2.05, 4.69) is 15.5 Å². The molecule has 1 aromatic carbocycles. The molecule has 2 aromatic rings. The second-order valence-electron chi connectivity index (χ2n) is 5.21. The van der Waals surface area contributed by atoms with Crippen LogP contribution in [0.1, 0.15) is 43.8 Å². The maximum Gasteiger partial charge on any atom is 0.159 e.